The molecule has 13 heteroatoms. The van der Waals surface area contributed by atoms with Gasteiger partial charge in [-0.05, 0) is 12.1 Å². The van der Waals surface area contributed by atoms with Crippen molar-refractivity contribution in [1.29, 1.82) is 0 Å². The van der Waals surface area contributed by atoms with Gasteiger partial charge in [-0.25, -0.2) is 0 Å². The zero-order valence-electron chi connectivity index (χ0n) is 10.5. The van der Waals surface area contributed by atoms with Crippen LogP contribution in [0.3, 0.4) is 0 Å². The quantitative estimate of drug-likeness (QED) is 0.809. The van der Waals surface area contributed by atoms with Crippen molar-refractivity contribution in [2.45, 2.75) is 12.4 Å². The number of nitrogens with zero attached hydrogens (tertiary/aromatic N) is 2. The minimum absolute atomic E-state index is 0.285. The highest BCUT2D eigenvalue weighted by molar-refractivity contribution is 7.00. The lowest BCUT2D eigenvalue weighted by molar-refractivity contribution is -0.167. The first kappa shape index (κ1) is 16.9. The van der Waals surface area contributed by atoms with Crippen LogP contribution in [0, 0.1) is 0 Å². The summed E-state index contributed by atoms with van der Waals surface area (Å²) >= 11 is 0.485. The Morgan fingerprint density at radius 3 is 1.48 bits per heavy atom. The molecule has 2 rings (SSSR count). The molecule has 0 aliphatic rings. The molecule has 0 aliphatic carbocycles. The van der Waals surface area contributed by atoms with E-state index in [0.29, 0.717) is 11.7 Å². The number of hydrogen-bond acceptors (Lipinski definition) is 5. The molecule has 2 amide bonds. The lowest BCUT2D eigenvalue weighted by atomic mass is 10.2. The number of carbonyl (C=O) groups is 2. The number of amides is 2. The number of nitrogens with one attached hydrogen (secondary N) is 2. The van der Waals surface area contributed by atoms with Crippen molar-refractivity contribution < 1.29 is 35.9 Å². The van der Waals surface area contributed by atoms with E-state index < -0.39 is 35.5 Å². The average Bonchev–Trinajstić information content (AvgIpc) is 2.88. The maximum absolute atomic E-state index is 12.2. The summed E-state index contributed by atoms with van der Waals surface area (Å²) < 4.78 is 80.5. The minimum Gasteiger partial charge on any atom is -0.316 e. The predicted molar refractivity (Wildman–Crippen MR) is 66.8 cm³/mol. The summed E-state index contributed by atoms with van der Waals surface area (Å²) in [6.07, 6.45) is -10.3. The maximum atomic E-state index is 12.2. The molecule has 124 valence electrons. The van der Waals surface area contributed by atoms with Gasteiger partial charge in [-0.2, -0.15) is 35.1 Å². The van der Waals surface area contributed by atoms with Crippen LogP contribution in [0.15, 0.2) is 12.1 Å². The van der Waals surface area contributed by atoms with Crippen LogP contribution in [0.5, 0.6) is 0 Å². The van der Waals surface area contributed by atoms with E-state index in [0.717, 1.165) is 12.1 Å². The molecule has 23 heavy (non-hydrogen) atoms. The van der Waals surface area contributed by atoms with E-state index in [1.54, 1.807) is 0 Å². The van der Waals surface area contributed by atoms with Gasteiger partial charge in [-0.3, -0.25) is 9.59 Å². The van der Waals surface area contributed by atoms with Crippen molar-refractivity contribution in [2.24, 2.45) is 0 Å². The van der Waals surface area contributed by atoms with Crippen LogP contribution in [0.1, 0.15) is 0 Å². The SMILES string of the molecule is O=C(Nc1ccc(NC(=O)C(F)(F)F)c2nsnc12)C(F)(F)F. The van der Waals surface area contributed by atoms with E-state index in [1.165, 1.54) is 10.6 Å². The standard InChI is InChI=1S/C10H4F6N4O2S/c11-9(12,13)7(21)17-3-1-2-4(6-5(3)19-23-20-6)18-8(22)10(14,15)16/h1-2H,(H,17,21)(H,18,22). The first-order valence-corrected chi connectivity index (χ1v) is 6.25. The van der Waals surface area contributed by atoms with Gasteiger partial charge in [0.15, 0.2) is 0 Å². The summed E-state index contributed by atoms with van der Waals surface area (Å²) in [7, 11) is 0. The van der Waals surface area contributed by atoms with Gasteiger partial charge in [0.2, 0.25) is 0 Å². The normalized spacial score (nSPS) is 12.3. The van der Waals surface area contributed by atoms with Crippen molar-refractivity contribution >= 4 is 46.0 Å². The van der Waals surface area contributed by atoms with Gasteiger partial charge in [0.1, 0.15) is 11.0 Å². The Balaban J connectivity index is 2.36. The molecule has 1 aromatic heterocycles. The second kappa shape index (κ2) is 5.64. The molecule has 0 saturated heterocycles. The summed E-state index contributed by atoms with van der Waals surface area (Å²) in [5, 5.41) is 3.05. The Hall–Kier alpha value is -2.44. The molecule has 1 aromatic carbocycles. The Labute approximate surface area is 126 Å². The van der Waals surface area contributed by atoms with Crippen LogP contribution in [-0.2, 0) is 9.59 Å². The Kier molecular flexibility index (Phi) is 4.15. The molecule has 0 radical (unpaired) electrons. The molecule has 0 aliphatic heterocycles. The van der Waals surface area contributed by atoms with Crippen molar-refractivity contribution in [2.75, 3.05) is 10.6 Å². The van der Waals surface area contributed by atoms with Crippen molar-refractivity contribution in [3.8, 4) is 0 Å². The Morgan fingerprint density at radius 1 is 0.826 bits per heavy atom. The van der Waals surface area contributed by atoms with Crippen LogP contribution in [-0.4, -0.2) is 32.9 Å². The van der Waals surface area contributed by atoms with Gasteiger partial charge in [0.25, 0.3) is 0 Å². The van der Waals surface area contributed by atoms with E-state index in [1.807, 2.05) is 0 Å². The summed E-state index contributed by atoms with van der Waals surface area (Å²) in [4.78, 5) is 21.8. The Bertz CT molecular complexity index is 707. The van der Waals surface area contributed by atoms with Gasteiger partial charge >= 0.3 is 24.2 Å². The number of fused-ring (bicyclic) bond motifs is 1. The molecule has 2 aromatic rings. The number of halogens is 6. The molecule has 0 atom stereocenters. The molecule has 0 fully saturated rings. The second-order valence-corrected chi connectivity index (χ2v) is 4.55. The monoisotopic (exact) mass is 358 g/mol. The van der Waals surface area contributed by atoms with Crippen LogP contribution in [0.2, 0.25) is 0 Å². The smallest absolute Gasteiger partial charge is 0.316 e. The number of hydrogen-bond donors (Lipinski definition) is 2. The summed E-state index contributed by atoms with van der Waals surface area (Å²) in [6, 6.07) is 1.75. The third kappa shape index (κ3) is 3.67. The fourth-order valence-electron chi connectivity index (χ4n) is 1.45. The van der Waals surface area contributed by atoms with E-state index in [-0.39, 0.29) is 11.0 Å². The van der Waals surface area contributed by atoms with Crippen molar-refractivity contribution in [3.05, 3.63) is 12.1 Å². The first-order chi connectivity index (χ1) is 10.5. The number of aromatic nitrogens is 2. The highest BCUT2D eigenvalue weighted by atomic mass is 32.1. The zero-order chi connectivity index (χ0) is 17.4. The molecule has 0 bridgehead atoms. The molecule has 6 nitrogen and oxygen atoms in total. The number of rotatable bonds is 2. The zero-order valence-corrected chi connectivity index (χ0v) is 11.4. The number of alkyl halides is 6. The van der Waals surface area contributed by atoms with Gasteiger partial charge in [-0.15, -0.1) is 0 Å². The molecular weight excluding hydrogens is 354 g/mol. The fourth-order valence-corrected chi connectivity index (χ4v) is 2.03. The van der Waals surface area contributed by atoms with Crippen LogP contribution < -0.4 is 10.6 Å². The van der Waals surface area contributed by atoms with Gasteiger partial charge in [0.05, 0.1) is 23.1 Å². The highest BCUT2D eigenvalue weighted by Gasteiger charge is 2.40. The Morgan fingerprint density at radius 2 is 1.17 bits per heavy atom. The maximum Gasteiger partial charge on any atom is 0.471 e. The van der Waals surface area contributed by atoms with E-state index in [4.69, 9.17) is 0 Å². The molecular formula is C10H4F6N4O2S. The summed E-state index contributed by atoms with van der Waals surface area (Å²) in [6.45, 7) is 0. The van der Waals surface area contributed by atoms with E-state index in [9.17, 15) is 35.9 Å². The summed E-state index contributed by atoms with van der Waals surface area (Å²) in [5.41, 5.74) is -1.37. The number of carbonyl (C=O) groups excluding carboxylic acids is 2. The first-order valence-electron chi connectivity index (χ1n) is 5.52. The van der Waals surface area contributed by atoms with Crippen molar-refractivity contribution in [1.82, 2.24) is 8.75 Å². The average molecular weight is 358 g/mol. The van der Waals surface area contributed by atoms with Crippen LogP contribution >= 0.6 is 11.7 Å². The largest absolute Gasteiger partial charge is 0.471 e. The molecule has 0 spiro atoms. The molecule has 1 heterocycles. The van der Waals surface area contributed by atoms with Gasteiger partial charge in [-0.1, -0.05) is 0 Å². The molecule has 0 saturated carbocycles. The molecule has 2 N–H and O–H groups in total. The topological polar surface area (TPSA) is 84.0 Å². The van der Waals surface area contributed by atoms with E-state index >= 15 is 0 Å². The minimum atomic E-state index is -5.15. The van der Waals surface area contributed by atoms with E-state index in [2.05, 4.69) is 8.75 Å². The van der Waals surface area contributed by atoms with Crippen LogP contribution in [0.25, 0.3) is 11.0 Å². The van der Waals surface area contributed by atoms with Crippen molar-refractivity contribution in [3.63, 3.8) is 0 Å². The lowest BCUT2D eigenvalue weighted by Gasteiger charge is -2.11. The highest BCUT2D eigenvalue weighted by Crippen LogP contribution is 2.30. The second-order valence-electron chi connectivity index (χ2n) is 4.03. The fraction of sp³-hybridized carbons (Fsp3) is 0.200. The summed E-state index contributed by atoms with van der Waals surface area (Å²) in [5.74, 6) is -4.56. The van der Waals surface area contributed by atoms with Crippen LogP contribution in [0.4, 0.5) is 37.7 Å². The van der Waals surface area contributed by atoms with Gasteiger partial charge in [0, 0.05) is 0 Å². The third-order valence-corrected chi connectivity index (χ3v) is 2.96. The number of anilines is 2. The number of benzene rings is 1. The third-order valence-electron chi connectivity index (χ3n) is 2.43. The molecule has 0 unspecified atom stereocenters. The predicted octanol–water partition coefficient (Wildman–Crippen LogP) is 2.69. The van der Waals surface area contributed by atoms with Gasteiger partial charge < -0.3 is 10.6 Å². The lowest BCUT2D eigenvalue weighted by Crippen LogP contribution is -2.30.